The lowest BCUT2D eigenvalue weighted by atomic mass is 10.1. The third-order valence-corrected chi connectivity index (χ3v) is 4.62. The summed E-state index contributed by atoms with van der Waals surface area (Å²) in [5, 5.41) is 4.80. The molecule has 170 valence electrons. The van der Waals surface area contributed by atoms with Crippen molar-refractivity contribution in [2.75, 3.05) is 6.61 Å². The van der Waals surface area contributed by atoms with Crippen LogP contribution in [0.15, 0.2) is 77.3 Å². The van der Waals surface area contributed by atoms with Gasteiger partial charge in [-0.2, -0.15) is 13.2 Å². The summed E-state index contributed by atoms with van der Waals surface area (Å²) in [6, 6.07) is 19.7. The van der Waals surface area contributed by atoms with Crippen molar-refractivity contribution in [1.29, 1.82) is 0 Å². The van der Waals surface area contributed by atoms with E-state index < -0.39 is 18.7 Å². The Morgan fingerprint density at radius 1 is 0.970 bits per heavy atom. The molecule has 6 nitrogen and oxygen atoms in total. The van der Waals surface area contributed by atoms with Gasteiger partial charge in [0.05, 0.1) is 0 Å². The van der Waals surface area contributed by atoms with Crippen molar-refractivity contribution in [3.63, 3.8) is 0 Å². The van der Waals surface area contributed by atoms with Crippen molar-refractivity contribution in [2.45, 2.75) is 19.3 Å². The van der Waals surface area contributed by atoms with E-state index in [-0.39, 0.29) is 24.8 Å². The van der Waals surface area contributed by atoms with E-state index in [2.05, 4.69) is 15.0 Å². The van der Waals surface area contributed by atoms with Gasteiger partial charge in [0.25, 0.3) is 5.91 Å². The minimum Gasteiger partial charge on any atom is -0.486 e. The van der Waals surface area contributed by atoms with Gasteiger partial charge < -0.3 is 19.2 Å². The van der Waals surface area contributed by atoms with Gasteiger partial charge in [-0.15, -0.1) is 0 Å². The molecule has 0 radical (unpaired) electrons. The molecule has 0 bridgehead atoms. The highest BCUT2D eigenvalue weighted by atomic mass is 19.4. The zero-order valence-electron chi connectivity index (χ0n) is 17.3. The van der Waals surface area contributed by atoms with E-state index in [0.717, 1.165) is 10.8 Å². The number of aromatic nitrogens is 1. The van der Waals surface area contributed by atoms with Gasteiger partial charge in [-0.1, -0.05) is 30.3 Å². The first-order chi connectivity index (χ1) is 15.9. The number of nitrogens with zero attached hydrogens (tertiary/aromatic N) is 1. The van der Waals surface area contributed by atoms with Crippen LogP contribution in [0.1, 0.15) is 21.9 Å². The number of amides is 1. The highest BCUT2D eigenvalue weighted by Gasteiger charge is 2.28. The molecule has 0 aliphatic rings. The van der Waals surface area contributed by atoms with Gasteiger partial charge in [0, 0.05) is 18.8 Å². The summed E-state index contributed by atoms with van der Waals surface area (Å²) in [4.78, 5) is 16.1. The lowest BCUT2D eigenvalue weighted by Gasteiger charge is -2.09. The van der Waals surface area contributed by atoms with Gasteiger partial charge in [0.1, 0.15) is 18.1 Å². The number of hydrogen-bond acceptors (Lipinski definition) is 5. The van der Waals surface area contributed by atoms with Gasteiger partial charge >= 0.3 is 6.18 Å². The quantitative estimate of drug-likeness (QED) is 0.391. The van der Waals surface area contributed by atoms with Crippen molar-refractivity contribution < 1.29 is 31.9 Å². The molecule has 0 aliphatic carbocycles. The van der Waals surface area contributed by atoms with Crippen molar-refractivity contribution in [3.05, 3.63) is 90.0 Å². The van der Waals surface area contributed by atoms with Crippen molar-refractivity contribution >= 4 is 16.7 Å². The molecule has 0 aliphatic heterocycles. The Morgan fingerprint density at radius 2 is 1.79 bits per heavy atom. The van der Waals surface area contributed by atoms with Crippen LogP contribution in [-0.4, -0.2) is 23.7 Å². The number of alkyl halides is 3. The standard InChI is InChI=1S/C24H19F3N2O4/c25-24(26,27)15-32-22-11-16(9-10-28-22)13-29-23(30)21-8-7-20(33-21)14-31-19-6-5-17-3-1-2-4-18(17)12-19/h1-12H,13-15H2,(H,29,30). The fourth-order valence-corrected chi connectivity index (χ4v) is 3.05. The van der Waals surface area contributed by atoms with E-state index >= 15 is 0 Å². The zero-order valence-corrected chi connectivity index (χ0v) is 17.3. The summed E-state index contributed by atoms with van der Waals surface area (Å²) < 4.78 is 52.7. The Bertz CT molecular complexity index is 1250. The Labute approximate surface area is 187 Å². The van der Waals surface area contributed by atoms with E-state index in [1.165, 1.54) is 18.3 Å². The summed E-state index contributed by atoms with van der Waals surface area (Å²) in [6.07, 6.45) is -3.15. The molecule has 2 aromatic heterocycles. The SMILES string of the molecule is O=C(NCc1ccnc(OCC(F)(F)F)c1)c1ccc(COc2ccc3ccccc3c2)o1. The number of carbonyl (C=O) groups is 1. The molecule has 0 fully saturated rings. The Morgan fingerprint density at radius 3 is 2.61 bits per heavy atom. The molecule has 0 saturated carbocycles. The molecule has 0 saturated heterocycles. The summed E-state index contributed by atoms with van der Waals surface area (Å²) in [7, 11) is 0. The second-order valence-electron chi connectivity index (χ2n) is 7.15. The molecule has 0 spiro atoms. The van der Waals surface area contributed by atoms with Crippen LogP contribution in [0, 0.1) is 0 Å². The fraction of sp³-hybridized carbons (Fsp3) is 0.167. The zero-order chi connectivity index (χ0) is 23.3. The molecule has 1 amide bonds. The number of pyridine rings is 1. The van der Waals surface area contributed by atoms with Crippen LogP contribution in [0.5, 0.6) is 11.6 Å². The third-order valence-electron chi connectivity index (χ3n) is 4.62. The van der Waals surface area contributed by atoms with Crippen LogP contribution >= 0.6 is 0 Å². The Hall–Kier alpha value is -4.01. The molecule has 0 atom stereocenters. The predicted molar refractivity (Wildman–Crippen MR) is 114 cm³/mol. The van der Waals surface area contributed by atoms with Gasteiger partial charge in [-0.3, -0.25) is 4.79 Å². The normalized spacial score (nSPS) is 11.4. The van der Waals surface area contributed by atoms with Crippen LogP contribution in [-0.2, 0) is 13.2 Å². The molecule has 9 heteroatoms. The lowest BCUT2D eigenvalue weighted by molar-refractivity contribution is -0.154. The smallest absolute Gasteiger partial charge is 0.422 e. The van der Waals surface area contributed by atoms with Crippen LogP contribution in [0.25, 0.3) is 10.8 Å². The van der Waals surface area contributed by atoms with Gasteiger partial charge in [0.15, 0.2) is 12.4 Å². The second-order valence-corrected chi connectivity index (χ2v) is 7.15. The minimum absolute atomic E-state index is 0.0629. The third kappa shape index (κ3) is 6.25. The second kappa shape index (κ2) is 9.64. The molecular formula is C24H19F3N2O4. The highest BCUT2D eigenvalue weighted by molar-refractivity contribution is 5.91. The Kier molecular flexibility index (Phi) is 6.48. The largest absolute Gasteiger partial charge is 0.486 e. The Balaban J connectivity index is 1.29. The molecule has 2 heterocycles. The number of halogens is 3. The van der Waals surface area contributed by atoms with Crippen molar-refractivity contribution in [3.8, 4) is 11.6 Å². The average Bonchev–Trinajstić information content (AvgIpc) is 3.29. The fourth-order valence-electron chi connectivity index (χ4n) is 3.05. The lowest BCUT2D eigenvalue weighted by Crippen LogP contribution is -2.22. The van der Waals surface area contributed by atoms with Gasteiger partial charge in [0.2, 0.25) is 5.88 Å². The van der Waals surface area contributed by atoms with E-state index in [0.29, 0.717) is 17.1 Å². The minimum atomic E-state index is -4.46. The number of furan rings is 1. The monoisotopic (exact) mass is 456 g/mol. The first-order valence-electron chi connectivity index (χ1n) is 9.99. The molecule has 2 aromatic carbocycles. The summed E-state index contributed by atoms with van der Waals surface area (Å²) in [5.74, 6) is 0.596. The molecule has 1 N–H and O–H groups in total. The van der Waals surface area contributed by atoms with E-state index in [1.54, 1.807) is 12.1 Å². The van der Waals surface area contributed by atoms with Crippen LogP contribution in [0.4, 0.5) is 13.2 Å². The molecule has 4 aromatic rings. The molecule has 4 rings (SSSR count). The van der Waals surface area contributed by atoms with Crippen LogP contribution in [0.3, 0.4) is 0 Å². The summed E-state index contributed by atoms with van der Waals surface area (Å²) >= 11 is 0. The number of hydrogen-bond donors (Lipinski definition) is 1. The van der Waals surface area contributed by atoms with E-state index in [1.807, 2.05) is 42.5 Å². The van der Waals surface area contributed by atoms with Crippen molar-refractivity contribution in [2.24, 2.45) is 0 Å². The summed E-state index contributed by atoms with van der Waals surface area (Å²) in [6.45, 7) is -1.23. The first-order valence-corrected chi connectivity index (χ1v) is 9.99. The topological polar surface area (TPSA) is 73.6 Å². The van der Waals surface area contributed by atoms with Crippen molar-refractivity contribution in [1.82, 2.24) is 10.3 Å². The molecule has 33 heavy (non-hydrogen) atoms. The number of nitrogens with one attached hydrogen (secondary N) is 1. The van der Waals surface area contributed by atoms with Gasteiger partial charge in [-0.25, -0.2) is 4.98 Å². The van der Waals surface area contributed by atoms with E-state index in [9.17, 15) is 18.0 Å². The summed E-state index contributed by atoms with van der Waals surface area (Å²) in [5.41, 5.74) is 0.530. The average molecular weight is 456 g/mol. The van der Waals surface area contributed by atoms with E-state index in [4.69, 9.17) is 9.15 Å². The first kappa shape index (κ1) is 22.2. The molecular weight excluding hydrogens is 437 g/mol. The predicted octanol–water partition coefficient (Wildman–Crippen LogP) is 5.28. The van der Waals surface area contributed by atoms with Gasteiger partial charge in [-0.05, 0) is 46.7 Å². The maximum absolute atomic E-state index is 12.4. The van der Waals surface area contributed by atoms with Crippen LogP contribution < -0.4 is 14.8 Å². The maximum atomic E-state index is 12.4. The number of benzene rings is 2. The number of ether oxygens (including phenoxy) is 2. The number of fused-ring (bicyclic) bond motifs is 1. The maximum Gasteiger partial charge on any atom is 0.422 e. The molecule has 0 unspecified atom stereocenters. The number of carbonyl (C=O) groups excluding carboxylic acids is 1. The highest BCUT2D eigenvalue weighted by Crippen LogP contribution is 2.22. The number of rotatable bonds is 8. The van der Waals surface area contributed by atoms with Crippen LogP contribution in [0.2, 0.25) is 0 Å².